The van der Waals surface area contributed by atoms with E-state index in [4.69, 9.17) is 14.9 Å². The minimum absolute atomic E-state index is 0.176. The van der Waals surface area contributed by atoms with E-state index in [1.54, 1.807) is 6.21 Å². The molecule has 0 bridgehead atoms. The van der Waals surface area contributed by atoms with Crippen molar-refractivity contribution in [3.05, 3.63) is 0 Å². The fourth-order valence-corrected chi connectivity index (χ4v) is 1.10. The molecule has 0 aromatic heterocycles. The van der Waals surface area contributed by atoms with Gasteiger partial charge in [-0.15, -0.1) is 0 Å². The lowest BCUT2D eigenvalue weighted by Crippen LogP contribution is -2.29. The Morgan fingerprint density at radius 2 is 1.60 bits per heavy atom. The lowest BCUT2D eigenvalue weighted by Gasteiger charge is -2.16. The number of carbonyl (C=O) groups excluding carboxylic acids is 4. The van der Waals surface area contributed by atoms with Gasteiger partial charge in [-0.3, -0.25) is 14.4 Å². The molecule has 1 atom stereocenters. The number of Topliss-reactive ketones (excluding diaryl/α,β-unsaturated/α-hetero) is 1. The van der Waals surface area contributed by atoms with Gasteiger partial charge in [-0.1, -0.05) is 0 Å². The third kappa shape index (κ3) is 9.75. The van der Waals surface area contributed by atoms with Crippen molar-refractivity contribution in [2.75, 3.05) is 13.2 Å². The molecule has 0 aliphatic heterocycles. The number of hydrogen-bond acceptors (Lipinski definition) is 8. The Bertz CT molecular complexity index is 391. The summed E-state index contributed by atoms with van der Waals surface area (Å²) in [5, 5.41) is 6.54. The van der Waals surface area contributed by atoms with E-state index in [1.807, 2.05) is 0 Å². The van der Waals surface area contributed by atoms with E-state index < -0.39 is 29.8 Å². The molecular formula is C12H16NO7-. The van der Waals surface area contributed by atoms with Gasteiger partial charge >= 0.3 is 17.9 Å². The second-order valence-corrected chi connectivity index (χ2v) is 3.77. The van der Waals surface area contributed by atoms with Crippen LogP contribution in [0.15, 0.2) is 0 Å². The van der Waals surface area contributed by atoms with E-state index in [1.165, 1.54) is 13.8 Å². The van der Waals surface area contributed by atoms with Crippen LogP contribution in [-0.2, 0) is 33.4 Å². The molecule has 1 N–H and O–H groups in total. The first-order valence-corrected chi connectivity index (χ1v) is 5.77. The zero-order chi connectivity index (χ0) is 15.5. The Labute approximate surface area is 115 Å². The Balaban J connectivity index is 4.12. The summed E-state index contributed by atoms with van der Waals surface area (Å²) in [6, 6.07) is 0. The predicted molar refractivity (Wildman–Crippen MR) is 65.1 cm³/mol. The van der Waals surface area contributed by atoms with Crippen molar-refractivity contribution in [1.82, 2.24) is 0 Å². The second-order valence-electron chi connectivity index (χ2n) is 3.77. The molecule has 0 aliphatic carbocycles. The van der Waals surface area contributed by atoms with Crippen LogP contribution in [0.3, 0.4) is 0 Å². The Morgan fingerprint density at radius 3 is 2.10 bits per heavy atom. The smallest absolute Gasteiger partial charge is 0.306 e. The molecule has 8 nitrogen and oxygen atoms in total. The maximum absolute atomic E-state index is 11.3. The standard InChI is InChI=1S/C12H16NO7/c1-8(14)18-6-11(20-9(2)15)7-19-12(17)4-3-10(16)5-13/h11,13H,3-4,6-7H2,1-2H3/q-1. The molecule has 1 unspecified atom stereocenters. The van der Waals surface area contributed by atoms with Crippen molar-refractivity contribution in [2.45, 2.75) is 32.8 Å². The summed E-state index contributed by atoms with van der Waals surface area (Å²) in [7, 11) is 0. The van der Waals surface area contributed by atoms with Crippen LogP contribution in [0.5, 0.6) is 0 Å². The third-order valence-electron chi connectivity index (χ3n) is 1.93. The van der Waals surface area contributed by atoms with Gasteiger partial charge in [-0.2, -0.15) is 0 Å². The molecule has 0 saturated heterocycles. The van der Waals surface area contributed by atoms with Gasteiger partial charge in [0.15, 0.2) is 6.10 Å². The molecule has 112 valence electrons. The Hall–Kier alpha value is -2.25. The molecule has 0 rings (SSSR count). The van der Waals surface area contributed by atoms with Crippen LogP contribution in [0, 0.1) is 5.41 Å². The fraction of sp³-hybridized carbons (Fsp3) is 0.583. The second kappa shape index (κ2) is 9.65. The van der Waals surface area contributed by atoms with Gasteiger partial charge in [0.05, 0.1) is 0 Å². The van der Waals surface area contributed by atoms with Crippen LogP contribution >= 0.6 is 0 Å². The van der Waals surface area contributed by atoms with E-state index in [0.29, 0.717) is 0 Å². The van der Waals surface area contributed by atoms with Crippen molar-refractivity contribution < 1.29 is 33.4 Å². The van der Waals surface area contributed by atoms with Gasteiger partial charge in [0.25, 0.3) is 0 Å². The van der Waals surface area contributed by atoms with Gasteiger partial charge in [-0.05, 0) is 12.2 Å². The summed E-state index contributed by atoms with van der Waals surface area (Å²) < 4.78 is 14.2. The summed E-state index contributed by atoms with van der Waals surface area (Å²) in [6.07, 6.45) is 0.343. The zero-order valence-corrected chi connectivity index (χ0v) is 11.3. The number of ether oxygens (including phenoxy) is 3. The van der Waals surface area contributed by atoms with E-state index in [0.717, 1.165) is 0 Å². The van der Waals surface area contributed by atoms with Crippen molar-refractivity contribution >= 4 is 29.9 Å². The van der Waals surface area contributed by atoms with E-state index in [9.17, 15) is 19.2 Å². The molecule has 0 amide bonds. The number of nitrogens with one attached hydrogen (secondary N) is 1. The highest BCUT2D eigenvalue weighted by atomic mass is 16.6. The van der Waals surface area contributed by atoms with Crippen LogP contribution in [0.2, 0.25) is 0 Å². The molecule has 0 aromatic carbocycles. The quantitative estimate of drug-likeness (QED) is 0.272. The van der Waals surface area contributed by atoms with Crippen molar-refractivity contribution in [2.24, 2.45) is 0 Å². The van der Waals surface area contributed by atoms with Gasteiger partial charge in [0, 0.05) is 20.3 Å². The van der Waals surface area contributed by atoms with Crippen LogP contribution in [0.1, 0.15) is 26.7 Å². The highest BCUT2D eigenvalue weighted by Crippen LogP contribution is 2.00. The highest BCUT2D eigenvalue weighted by molar-refractivity contribution is 6.26. The normalized spacial score (nSPS) is 11.1. The summed E-state index contributed by atoms with van der Waals surface area (Å²) >= 11 is 0. The summed E-state index contributed by atoms with van der Waals surface area (Å²) in [6.45, 7) is 1.85. The Kier molecular flexibility index (Phi) is 8.56. The maximum atomic E-state index is 11.3. The van der Waals surface area contributed by atoms with Crippen LogP contribution in [0.4, 0.5) is 0 Å². The average molecular weight is 286 g/mol. The average Bonchev–Trinajstić information content (AvgIpc) is 2.38. The number of rotatable bonds is 9. The SMILES string of the molecule is CC(=O)OCC(COC(=O)CCC(=O)[C-]=N)OC(C)=O. The number of esters is 3. The minimum Gasteiger partial charge on any atom is -0.511 e. The molecule has 0 spiro atoms. The van der Waals surface area contributed by atoms with E-state index in [2.05, 4.69) is 4.74 Å². The molecule has 0 radical (unpaired) electrons. The summed E-state index contributed by atoms with van der Waals surface area (Å²) in [5.74, 6) is -2.46. The van der Waals surface area contributed by atoms with Crippen molar-refractivity contribution in [3.63, 3.8) is 0 Å². The number of hydrogen-bond donors (Lipinski definition) is 1. The van der Waals surface area contributed by atoms with Crippen LogP contribution < -0.4 is 0 Å². The number of ketones is 1. The summed E-state index contributed by atoms with van der Waals surface area (Å²) in [5.41, 5.74) is 0. The maximum Gasteiger partial charge on any atom is 0.306 e. The number of carbonyl (C=O) groups is 4. The molecular weight excluding hydrogens is 270 g/mol. The van der Waals surface area contributed by atoms with E-state index >= 15 is 0 Å². The lowest BCUT2D eigenvalue weighted by atomic mass is 10.2. The van der Waals surface area contributed by atoms with Crippen LogP contribution in [0.25, 0.3) is 0 Å². The van der Waals surface area contributed by atoms with E-state index in [-0.39, 0.29) is 26.1 Å². The summed E-state index contributed by atoms with van der Waals surface area (Å²) in [4.78, 5) is 43.5. The first kappa shape index (κ1) is 17.8. The molecule has 0 heterocycles. The van der Waals surface area contributed by atoms with Crippen LogP contribution in [-0.4, -0.2) is 49.2 Å². The first-order chi connectivity index (χ1) is 9.35. The van der Waals surface area contributed by atoms with Gasteiger partial charge < -0.3 is 30.6 Å². The minimum atomic E-state index is -0.898. The molecule has 0 saturated carbocycles. The van der Waals surface area contributed by atoms with Gasteiger partial charge in [0.2, 0.25) is 0 Å². The molecule has 8 heteroatoms. The zero-order valence-electron chi connectivity index (χ0n) is 11.3. The molecule has 0 aromatic rings. The topological polar surface area (TPSA) is 120 Å². The van der Waals surface area contributed by atoms with Crippen molar-refractivity contribution in [3.8, 4) is 0 Å². The lowest BCUT2D eigenvalue weighted by molar-refractivity contribution is -0.164. The Morgan fingerprint density at radius 1 is 1.00 bits per heavy atom. The third-order valence-corrected chi connectivity index (χ3v) is 1.93. The fourth-order valence-electron chi connectivity index (χ4n) is 1.10. The van der Waals surface area contributed by atoms with Gasteiger partial charge in [0.1, 0.15) is 13.2 Å². The monoisotopic (exact) mass is 286 g/mol. The predicted octanol–water partition coefficient (Wildman–Crippen LogP) is -0.0997. The largest absolute Gasteiger partial charge is 0.511 e. The highest BCUT2D eigenvalue weighted by Gasteiger charge is 2.16. The van der Waals surface area contributed by atoms with Gasteiger partial charge in [-0.25, -0.2) is 0 Å². The molecule has 0 aliphatic rings. The van der Waals surface area contributed by atoms with Crippen molar-refractivity contribution in [1.29, 1.82) is 5.41 Å². The first-order valence-electron chi connectivity index (χ1n) is 5.77. The molecule has 20 heavy (non-hydrogen) atoms. The molecule has 0 fully saturated rings.